The Balaban J connectivity index is 0.859. The molecule has 4 rings (SSSR count). The first-order chi connectivity index (χ1) is 63.7. The number of ether oxygens (including phenoxy) is 24. The fraction of sp³-hybridized carbons (Fsp3) is 0.761. The van der Waals surface area contributed by atoms with Gasteiger partial charge in [-0.3, -0.25) is 19.7 Å². The molecule has 42 heteroatoms. The zero-order chi connectivity index (χ0) is 93.3. The molecule has 2 aliphatic heterocycles. The van der Waals surface area contributed by atoms with E-state index in [1.165, 1.54) is 12.1 Å². The first-order valence-electron chi connectivity index (χ1n) is 44.9. The van der Waals surface area contributed by atoms with Crippen molar-refractivity contribution in [2.45, 2.75) is 106 Å². The SMILES string of the molecule is COCCOCCOCCOCCOCCOCCOCCOCCOCCOCCOCCOCCOCCOCCOCCOCCOCCOCCOCCOCCOCCOCCOCCOCCNC(=O)CCCCC[N+]1=C(C=CC=CC=C2N(CCCSOO[O-])c3ccc(S(=O)(=O)[O-])cc3C2(C)CCCCCC(=O)O)C(C)(C)c2cc(SOO[O-])ccc21. The van der Waals surface area contributed by atoms with Gasteiger partial charge in [0, 0.05) is 96.7 Å². The summed E-state index contributed by atoms with van der Waals surface area (Å²) < 4.78 is 181. The molecular weight excluding hydrogens is 1770 g/mol. The molecule has 2 heterocycles. The molecule has 1 unspecified atom stereocenters. The highest BCUT2D eigenvalue weighted by Gasteiger charge is 2.45. The van der Waals surface area contributed by atoms with Gasteiger partial charge in [-0.25, -0.2) is 8.42 Å². The molecule has 0 saturated heterocycles. The fourth-order valence-electron chi connectivity index (χ4n) is 13.0. The number of methoxy groups -OCH3 is 1. The molecule has 2 aromatic carbocycles. The van der Waals surface area contributed by atoms with Crippen molar-refractivity contribution < 1.29 is 175 Å². The summed E-state index contributed by atoms with van der Waals surface area (Å²) in [6.45, 7) is 29.7. The second-order valence-electron chi connectivity index (χ2n) is 29.5. The predicted octanol–water partition coefficient (Wildman–Crippen LogP) is 5.97. The number of allylic oxidation sites excluding steroid dienone is 6. The highest BCUT2D eigenvalue weighted by Crippen LogP contribution is 2.52. The standard InChI is InChI=1S/C88H149N3O36S3/c1-87(2)79-75-77(129-127-125-96)19-21-81(79)90(83(87)15-8-5-9-16-84-88(3,23-12-6-11-18-86(93)94)80-76-78(130(97,98)99)20-22-82(80)91(84)26-14-74-128-126-124-95)25-13-7-10-17-85(92)89-24-27-101-30-31-103-34-35-105-38-39-107-42-43-109-46-47-111-50-51-113-54-55-115-58-59-117-62-63-119-66-67-121-70-71-123-73-72-122-69-68-120-65-64-118-61-60-116-57-56-114-53-52-112-49-48-110-45-44-108-41-40-106-37-36-104-33-32-102-29-28-100-4/h5,8-9,15-16,19-22,75-76H,6-7,10-14,17-18,23-74H2,1-4H3,(H4-,89,92,93,94,95,96,97,98,99)/p-2. The monoisotopic (exact) mass is 1920 g/mol. The Labute approximate surface area is 776 Å². The molecule has 2 aromatic rings. The number of carboxylic acid groups (broad SMARTS) is 1. The largest absolute Gasteiger partial charge is 0.744 e. The number of carbonyl (C=O) groups excluding carboxylic acids is 1. The molecule has 130 heavy (non-hydrogen) atoms. The van der Waals surface area contributed by atoms with Crippen LogP contribution in [-0.2, 0) is 163 Å². The van der Waals surface area contributed by atoms with Gasteiger partial charge in [-0.2, -0.15) is 13.2 Å². The number of fused-ring (bicyclic) bond motifs is 2. The van der Waals surface area contributed by atoms with Crippen LogP contribution >= 0.6 is 24.1 Å². The number of carboxylic acids is 1. The van der Waals surface area contributed by atoms with Gasteiger partial charge in [0.1, 0.15) is 16.7 Å². The van der Waals surface area contributed by atoms with Gasteiger partial charge in [-0.1, -0.05) is 31.1 Å². The number of unbranched alkanes of at least 4 members (excludes halogenated alkanes) is 4. The van der Waals surface area contributed by atoms with Gasteiger partial charge in [0.05, 0.1) is 333 Å². The second-order valence-corrected chi connectivity index (χ2v) is 32.4. The number of benzene rings is 2. The third-order valence-electron chi connectivity index (χ3n) is 19.5. The molecule has 1 atom stereocenters. The number of carbonyl (C=O) groups is 2. The normalized spacial score (nSPS) is 14.8. The topological polar surface area (TPSA) is 434 Å². The van der Waals surface area contributed by atoms with E-state index in [4.69, 9.17) is 114 Å². The summed E-state index contributed by atoms with van der Waals surface area (Å²) >= 11 is 1.68. The minimum absolute atomic E-state index is 0.0236. The zero-order valence-electron chi connectivity index (χ0n) is 76.8. The summed E-state index contributed by atoms with van der Waals surface area (Å²) in [7, 11) is -3.15. The van der Waals surface area contributed by atoms with Gasteiger partial charge in [0.15, 0.2) is 5.71 Å². The molecule has 0 fully saturated rings. The van der Waals surface area contributed by atoms with Crippen molar-refractivity contribution in [3.8, 4) is 0 Å². The van der Waals surface area contributed by atoms with Gasteiger partial charge in [-0.05, 0) is 94.8 Å². The van der Waals surface area contributed by atoms with Crippen LogP contribution < -0.4 is 20.7 Å². The molecule has 2 N–H and O–H groups in total. The average Bonchev–Trinajstić information content (AvgIpc) is 1.58. The lowest BCUT2D eigenvalue weighted by Crippen LogP contribution is -2.29. The van der Waals surface area contributed by atoms with Crippen molar-refractivity contribution in [3.63, 3.8) is 0 Å². The quantitative estimate of drug-likeness (QED) is 0.0146. The van der Waals surface area contributed by atoms with E-state index in [1.807, 2.05) is 49.4 Å². The highest BCUT2D eigenvalue weighted by molar-refractivity contribution is 7.94. The van der Waals surface area contributed by atoms with Crippen LogP contribution in [0.3, 0.4) is 0 Å². The Hall–Kier alpha value is -4.52. The Kier molecular flexibility index (Phi) is 74.0. The van der Waals surface area contributed by atoms with Crippen molar-refractivity contribution in [2.75, 3.05) is 348 Å². The Morgan fingerprint density at radius 1 is 0.438 bits per heavy atom. The maximum atomic E-state index is 12.8. The van der Waals surface area contributed by atoms with Gasteiger partial charge in [0.2, 0.25) is 11.6 Å². The summed E-state index contributed by atoms with van der Waals surface area (Å²) in [6.07, 6.45) is 15.2. The molecule has 0 radical (unpaired) electrons. The van der Waals surface area contributed by atoms with E-state index in [2.05, 4.69) is 53.5 Å². The molecular formula is C88H147N3O36S3-2. The van der Waals surface area contributed by atoms with Crippen LogP contribution in [0.25, 0.3) is 0 Å². The van der Waals surface area contributed by atoms with Crippen LogP contribution in [0.1, 0.15) is 96.1 Å². The van der Waals surface area contributed by atoms with Gasteiger partial charge in [0.25, 0.3) is 0 Å². The van der Waals surface area contributed by atoms with Crippen LogP contribution in [-0.4, -0.2) is 383 Å². The summed E-state index contributed by atoms with van der Waals surface area (Å²) in [5.74, 6) is -0.537. The van der Waals surface area contributed by atoms with E-state index >= 15 is 0 Å². The number of anilines is 1. The van der Waals surface area contributed by atoms with Crippen molar-refractivity contribution in [1.29, 1.82) is 0 Å². The lowest BCUT2D eigenvalue weighted by molar-refractivity contribution is -0.777. The van der Waals surface area contributed by atoms with E-state index in [-0.39, 0.29) is 17.2 Å². The Morgan fingerprint density at radius 2 is 0.815 bits per heavy atom. The second kappa shape index (κ2) is 81.6. The third-order valence-corrected chi connectivity index (χ3v) is 21.5. The van der Waals surface area contributed by atoms with E-state index in [9.17, 15) is 38.2 Å². The summed E-state index contributed by atoms with van der Waals surface area (Å²) in [5.41, 5.74) is 3.98. The van der Waals surface area contributed by atoms with E-state index in [1.54, 1.807) is 13.2 Å². The van der Waals surface area contributed by atoms with Crippen molar-refractivity contribution >= 4 is 63.2 Å². The fourth-order valence-corrected chi connectivity index (χ4v) is 14.2. The summed E-state index contributed by atoms with van der Waals surface area (Å²) in [4.78, 5) is 26.5. The first kappa shape index (κ1) is 118. The van der Waals surface area contributed by atoms with Gasteiger partial charge < -0.3 is 144 Å². The molecule has 0 aromatic heterocycles. The molecule has 0 aliphatic carbocycles. The summed E-state index contributed by atoms with van der Waals surface area (Å²) in [5, 5.41) is 40.6. The van der Waals surface area contributed by atoms with Crippen LogP contribution in [0.15, 0.2) is 82.3 Å². The number of amides is 1. The van der Waals surface area contributed by atoms with E-state index < -0.39 is 26.9 Å². The van der Waals surface area contributed by atoms with E-state index in [0.29, 0.717) is 391 Å². The molecule has 0 bridgehead atoms. The molecule has 2 aliphatic rings. The van der Waals surface area contributed by atoms with Crippen molar-refractivity contribution in [2.24, 2.45) is 0 Å². The smallest absolute Gasteiger partial charge is 0.303 e. The predicted molar refractivity (Wildman–Crippen MR) is 475 cm³/mol. The number of nitrogens with one attached hydrogen (secondary N) is 1. The van der Waals surface area contributed by atoms with Crippen LogP contribution in [0.4, 0.5) is 11.4 Å². The first-order valence-corrected chi connectivity index (χ1v) is 47.9. The Bertz CT molecular complexity index is 3340. The van der Waals surface area contributed by atoms with E-state index in [0.717, 1.165) is 65.3 Å². The number of rotatable bonds is 97. The van der Waals surface area contributed by atoms with Crippen molar-refractivity contribution in [1.82, 2.24) is 5.32 Å². The third kappa shape index (κ3) is 58.8. The van der Waals surface area contributed by atoms with Crippen LogP contribution in [0.2, 0.25) is 0 Å². The lowest BCUT2D eigenvalue weighted by atomic mass is 9.77. The van der Waals surface area contributed by atoms with Crippen LogP contribution in [0.5, 0.6) is 0 Å². The maximum Gasteiger partial charge on any atom is 0.303 e. The minimum atomic E-state index is -4.79. The number of hydrogen-bond donors (Lipinski definition) is 2. The zero-order valence-corrected chi connectivity index (χ0v) is 79.3. The highest BCUT2D eigenvalue weighted by atomic mass is 32.2. The number of aliphatic carboxylic acids is 1. The molecule has 750 valence electrons. The van der Waals surface area contributed by atoms with Crippen molar-refractivity contribution in [3.05, 3.63) is 83.6 Å². The van der Waals surface area contributed by atoms with Gasteiger partial charge in [-0.15, -0.1) is 0 Å². The van der Waals surface area contributed by atoms with Gasteiger partial charge >= 0.3 is 5.97 Å². The average molecular weight is 1920 g/mol. The maximum absolute atomic E-state index is 12.8. The number of hydrogen-bond acceptors (Lipinski definition) is 38. The molecule has 1 amide bonds. The summed E-state index contributed by atoms with van der Waals surface area (Å²) in [6, 6.07) is 10.2. The minimum Gasteiger partial charge on any atom is -0.744 e. The molecule has 0 saturated carbocycles. The Morgan fingerprint density at radius 3 is 1.19 bits per heavy atom. The molecule has 0 spiro atoms. The molecule has 39 nitrogen and oxygen atoms in total. The number of nitrogens with zero attached hydrogens (tertiary/aromatic N) is 2. The van der Waals surface area contributed by atoms with Crippen LogP contribution in [0, 0.1) is 0 Å². The lowest BCUT2D eigenvalue weighted by Gasteiger charge is -2.30.